The number of carbonyl (C=O) groups is 3. The van der Waals surface area contributed by atoms with Crippen molar-refractivity contribution in [1.29, 1.82) is 0 Å². The fourth-order valence-electron chi connectivity index (χ4n) is 1.28. The lowest BCUT2D eigenvalue weighted by Gasteiger charge is -2.07. The molecule has 7 heteroatoms. The number of carboxylic acids is 1. The molecule has 7 nitrogen and oxygen atoms in total. The van der Waals surface area contributed by atoms with Crippen LogP contribution in [0.25, 0.3) is 0 Å². The summed E-state index contributed by atoms with van der Waals surface area (Å²) in [6.45, 7) is 4.93. The van der Waals surface area contributed by atoms with Gasteiger partial charge in [-0.1, -0.05) is 26.0 Å². The van der Waals surface area contributed by atoms with E-state index in [1.807, 2.05) is 0 Å². The molecule has 1 atom stereocenters. The molecule has 0 heterocycles. The van der Waals surface area contributed by atoms with Gasteiger partial charge in [0.1, 0.15) is 6.04 Å². The summed E-state index contributed by atoms with van der Waals surface area (Å²) in [5.41, 5.74) is 11.0. The van der Waals surface area contributed by atoms with Crippen LogP contribution in [0.15, 0.2) is 24.3 Å². The zero-order valence-electron chi connectivity index (χ0n) is 12.3. The second-order valence-electron chi connectivity index (χ2n) is 4.70. The number of primary amides is 1. The molecule has 0 saturated heterocycles. The van der Waals surface area contributed by atoms with Crippen molar-refractivity contribution in [2.24, 2.45) is 17.4 Å². The minimum atomic E-state index is -0.931. The van der Waals surface area contributed by atoms with Crippen molar-refractivity contribution >= 4 is 23.5 Å². The van der Waals surface area contributed by atoms with E-state index in [1.54, 1.807) is 38.1 Å². The van der Waals surface area contributed by atoms with Gasteiger partial charge in [0.2, 0.25) is 5.91 Å². The van der Waals surface area contributed by atoms with Gasteiger partial charge >= 0.3 is 5.97 Å². The van der Waals surface area contributed by atoms with Crippen molar-refractivity contribution in [3.8, 4) is 0 Å². The number of amides is 2. The summed E-state index contributed by atoms with van der Waals surface area (Å²) in [4.78, 5) is 31.6. The molecule has 1 aromatic carbocycles. The number of hydrogen-bond acceptors (Lipinski definition) is 4. The Balaban J connectivity index is 0.000000433. The van der Waals surface area contributed by atoms with Crippen LogP contribution in [-0.2, 0) is 9.59 Å². The molecule has 0 radical (unpaired) electrons. The molecular formula is C14H21N3O4. The van der Waals surface area contributed by atoms with Crippen LogP contribution in [-0.4, -0.2) is 28.9 Å². The molecule has 0 bridgehead atoms. The number of nitrogens with one attached hydrogen (secondary N) is 1. The first-order chi connectivity index (χ1) is 9.66. The minimum absolute atomic E-state index is 0.0208. The molecule has 6 N–H and O–H groups in total. The molecular weight excluding hydrogens is 274 g/mol. The van der Waals surface area contributed by atoms with Crippen LogP contribution in [0.1, 0.15) is 31.1 Å². The molecule has 0 aliphatic heterocycles. The second kappa shape index (κ2) is 8.70. The van der Waals surface area contributed by atoms with E-state index in [2.05, 4.69) is 5.32 Å². The largest absolute Gasteiger partial charge is 0.480 e. The third kappa shape index (κ3) is 7.07. The highest BCUT2D eigenvalue weighted by atomic mass is 16.4. The molecule has 1 rings (SSSR count). The van der Waals surface area contributed by atoms with Crippen molar-refractivity contribution in [3.63, 3.8) is 0 Å². The number of aliphatic carboxylic acids is 1. The van der Waals surface area contributed by atoms with E-state index in [0.717, 1.165) is 0 Å². The van der Waals surface area contributed by atoms with Gasteiger partial charge in [0, 0.05) is 6.92 Å². The minimum Gasteiger partial charge on any atom is -0.480 e. The molecule has 0 spiro atoms. The van der Waals surface area contributed by atoms with E-state index in [9.17, 15) is 14.4 Å². The fraction of sp³-hybridized carbons (Fsp3) is 0.357. The third-order valence-electron chi connectivity index (χ3n) is 2.51. The quantitative estimate of drug-likeness (QED) is 0.651. The van der Waals surface area contributed by atoms with E-state index < -0.39 is 17.9 Å². The zero-order valence-corrected chi connectivity index (χ0v) is 12.3. The number of carboxylic acid groups (broad SMARTS) is 1. The molecule has 2 amide bonds. The average molecular weight is 295 g/mol. The number of benzene rings is 1. The highest BCUT2D eigenvalue weighted by Crippen LogP contribution is 2.13. The van der Waals surface area contributed by atoms with Crippen LogP contribution in [0, 0.1) is 5.92 Å². The Kier molecular flexibility index (Phi) is 7.70. The molecule has 0 aliphatic rings. The predicted molar refractivity (Wildman–Crippen MR) is 79.7 cm³/mol. The first-order valence-corrected chi connectivity index (χ1v) is 6.31. The Hall–Kier alpha value is -2.41. The van der Waals surface area contributed by atoms with E-state index in [1.165, 1.54) is 6.92 Å². The summed E-state index contributed by atoms with van der Waals surface area (Å²) in [5.74, 6) is -1.69. The molecule has 0 unspecified atom stereocenters. The van der Waals surface area contributed by atoms with E-state index in [0.29, 0.717) is 11.3 Å². The lowest BCUT2D eigenvalue weighted by Crippen LogP contribution is -2.34. The summed E-state index contributed by atoms with van der Waals surface area (Å²) < 4.78 is 0. The SMILES string of the molecule is CC(=O)Nc1ccccc1C(N)=O.CC(C)[C@H](N)C(=O)O. The monoisotopic (exact) mass is 295 g/mol. The predicted octanol–water partition coefficient (Wildman–Crippen LogP) is 0.798. The van der Waals surface area contributed by atoms with Crippen LogP contribution in [0.3, 0.4) is 0 Å². The van der Waals surface area contributed by atoms with Crippen molar-refractivity contribution in [3.05, 3.63) is 29.8 Å². The van der Waals surface area contributed by atoms with Crippen LogP contribution < -0.4 is 16.8 Å². The van der Waals surface area contributed by atoms with Gasteiger partial charge in [-0.05, 0) is 18.1 Å². The molecule has 1 aromatic rings. The number of carbonyl (C=O) groups excluding carboxylic acids is 2. The van der Waals surface area contributed by atoms with Crippen molar-refractivity contribution in [1.82, 2.24) is 0 Å². The van der Waals surface area contributed by atoms with E-state index in [4.69, 9.17) is 16.6 Å². The maximum atomic E-state index is 10.9. The molecule has 116 valence electrons. The van der Waals surface area contributed by atoms with Gasteiger partial charge in [-0.15, -0.1) is 0 Å². The summed E-state index contributed by atoms with van der Waals surface area (Å²) in [6, 6.07) is 5.88. The van der Waals surface area contributed by atoms with Crippen LogP contribution in [0.5, 0.6) is 0 Å². The van der Waals surface area contributed by atoms with E-state index >= 15 is 0 Å². The van der Waals surface area contributed by atoms with Crippen LogP contribution >= 0.6 is 0 Å². The van der Waals surface area contributed by atoms with Gasteiger partial charge < -0.3 is 21.9 Å². The Morgan fingerprint density at radius 1 is 1.19 bits per heavy atom. The topological polar surface area (TPSA) is 136 Å². The van der Waals surface area contributed by atoms with Gasteiger partial charge in [-0.2, -0.15) is 0 Å². The first-order valence-electron chi connectivity index (χ1n) is 6.31. The third-order valence-corrected chi connectivity index (χ3v) is 2.51. The number of rotatable bonds is 4. The Morgan fingerprint density at radius 3 is 2.05 bits per heavy atom. The maximum Gasteiger partial charge on any atom is 0.320 e. The summed E-state index contributed by atoms with van der Waals surface area (Å²) in [7, 11) is 0. The first kappa shape index (κ1) is 18.6. The summed E-state index contributed by atoms with van der Waals surface area (Å²) in [5, 5.41) is 10.7. The average Bonchev–Trinajstić information content (AvgIpc) is 2.37. The number of hydrogen-bond donors (Lipinski definition) is 4. The van der Waals surface area contributed by atoms with Crippen LogP contribution in [0.4, 0.5) is 5.69 Å². The van der Waals surface area contributed by atoms with Crippen molar-refractivity contribution < 1.29 is 19.5 Å². The Morgan fingerprint density at radius 2 is 1.71 bits per heavy atom. The summed E-state index contributed by atoms with van der Waals surface area (Å²) in [6.07, 6.45) is 0. The second-order valence-corrected chi connectivity index (χ2v) is 4.70. The molecule has 0 aliphatic carbocycles. The van der Waals surface area contributed by atoms with Crippen molar-refractivity contribution in [2.75, 3.05) is 5.32 Å². The fourth-order valence-corrected chi connectivity index (χ4v) is 1.28. The van der Waals surface area contributed by atoms with Crippen LogP contribution in [0.2, 0.25) is 0 Å². The smallest absolute Gasteiger partial charge is 0.320 e. The zero-order chi connectivity index (χ0) is 16.6. The normalized spacial score (nSPS) is 11.1. The number of anilines is 1. The van der Waals surface area contributed by atoms with Gasteiger partial charge in [0.15, 0.2) is 0 Å². The summed E-state index contributed by atoms with van der Waals surface area (Å²) >= 11 is 0. The van der Waals surface area contributed by atoms with Gasteiger partial charge in [-0.3, -0.25) is 14.4 Å². The van der Waals surface area contributed by atoms with Gasteiger partial charge in [0.05, 0.1) is 11.3 Å². The molecule has 0 saturated carbocycles. The molecule has 0 fully saturated rings. The molecule has 0 aromatic heterocycles. The number of para-hydroxylation sites is 1. The standard InChI is InChI=1S/C9H10N2O2.C5H11NO2/c1-6(12)11-8-5-3-2-4-7(8)9(10)13;1-3(2)4(6)5(7)8/h2-5H,1H3,(H2,10,13)(H,11,12);3-4H,6H2,1-2H3,(H,7,8)/t;4-/m.0/s1. The number of nitrogens with two attached hydrogens (primary N) is 2. The molecule has 21 heavy (non-hydrogen) atoms. The van der Waals surface area contributed by atoms with Gasteiger partial charge in [0.25, 0.3) is 5.91 Å². The van der Waals surface area contributed by atoms with E-state index in [-0.39, 0.29) is 11.8 Å². The Bertz CT molecular complexity index is 515. The highest BCUT2D eigenvalue weighted by Gasteiger charge is 2.14. The van der Waals surface area contributed by atoms with Gasteiger partial charge in [-0.25, -0.2) is 0 Å². The lowest BCUT2D eigenvalue weighted by atomic mass is 10.1. The lowest BCUT2D eigenvalue weighted by molar-refractivity contribution is -0.139. The Labute approximate surface area is 123 Å². The maximum absolute atomic E-state index is 10.9. The van der Waals surface area contributed by atoms with Crippen molar-refractivity contribution in [2.45, 2.75) is 26.8 Å². The highest BCUT2D eigenvalue weighted by molar-refractivity contribution is 6.02.